The number of aliphatic hydroxyl groups is 1. The Hall–Kier alpha value is -0.940. The molecule has 0 spiro atoms. The van der Waals surface area contributed by atoms with Crippen molar-refractivity contribution in [2.75, 3.05) is 6.54 Å². The van der Waals surface area contributed by atoms with Gasteiger partial charge in [-0.2, -0.15) is 4.98 Å². The molecule has 1 saturated carbocycles. The molecule has 1 saturated heterocycles. The molecule has 5 nitrogen and oxygen atoms in total. The van der Waals surface area contributed by atoms with Crippen LogP contribution in [0.15, 0.2) is 4.52 Å². The molecule has 3 rings (SSSR count). The van der Waals surface area contributed by atoms with Crippen molar-refractivity contribution >= 4 is 0 Å². The second kappa shape index (κ2) is 3.57. The lowest BCUT2D eigenvalue weighted by Crippen LogP contribution is -2.15. The number of β-amino-alcohol motifs (C(OH)–C–C–N with tert-alkyl or cyclic N) is 1. The molecule has 0 aromatic carbocycles. The summed E-state index contributed by atoms with van der Waals surface area (Å²) < 4.78 is 5.19. The molecule has 82 valence electrons. The van der Waals surface area contributed by atoms with Crippen LogP contribution in [0.1, 0.15) is 37.0 Å². The van der Waals surface area contributed by atoms with Crippen molar-refractivity contribution < 1.29 is 9.63 Å². The van der Waals surface area contributed by atoms with Gasteiger partial charge in [-0.15, -0.1) is 0 Å². The van der Waals surface area contributed by atoms with Crippen LogP contribution in [0.2, 0.25) is 0 Å². The van der Waals surface area contributed by atoms with Gasteiger partial charge in [0, 0.05) is 13.0 Å². The number of nitrogens with zero attached hydrogens (tertiary/aromatic N) is 2. The molecule has 2 fully saturated rings. The maximum Gasteiger partial charge on any atom is 0.243 e. The van der Waals surface area contributed by atoms with Gasteiger partial charge < -0.3 is 14.9 Å². The molecule has 0 amide bonds. The van der Waals surface area contributed by atoms with Crippen LogP contribution < -0.4 is 5.32 Å². The predicted molar refractivity (Wildman–Crippen MR) is 52.1 cm³/mol. The van der Waals surface area contributed by atoms with E-state index in [-0.39, 0.29) is 12.1 Å². The highest BCUT2D eigenvalue weighted by Crippen LogP contribution is 2.32. The summed E-state index contributed by atoms with van der Waals surface area (Å²) in [5.41, 5.74) is 0. The van der Waals surface area contributed by atoms with E-state index in [4.69, 9.17) is 4.52 Å². The van der Waals surface area contributed by atoms with Gasteiger partial charge in [-0.05, 0) is 25.2 Å². The zero-order valence-electron chi connectivity index (χ0n) is 8.52. The van der Waals surface area contributed by atoms with E-state index < -0.39 is 0 Å². The van der Waals surface area contributed by atoms with E-state index in [0.717, 1.165) is 18.2 Å². The zero-order valence-corrected chi connectivity index (χ0v) is 8.52. The molecule has 2 atom stereocenters. The van der Waals surface area contributed by atoms with Crippen molar-refractivity contribution in [3.8, 4) is 0 Å². The van der Waals surface area contributed by atoms with E-state index in [0.29, 0.717) is 18.9 Å². The van der Waals surface area contributed by atoms with Crippen LogP contribution in [0.3, 0.4) is 0 Å². The fourth-order valence-corrected chi connectivity index (χ4v) is 1.98. The standard InChI is InChI=1S/C10H15N3O2/c14-7-4-8(11-5-7)10-12-9(13-15-10)3-6-1-2-6/h6-8,11,14H,1-5H2/t7-,8+/m1/s1. The first-order valence-electron chi connectivity index (χ1n) is 5.55. The van der Waals surface area contributed by atoms with E-state index in [1.807, 2.05) is 0 Å². The van der Waals surface area contributed by atoms with Crippen molar-refractivity contribution in [3.63, 3.8) is 0 Å². The van der Waals surface area contributed by atoms with E-state index in [2.05, 4.69) is 15.5 Å². The largest absolute Gasteiger partial charge is 0.392 e. The summed E-state index contributed by atoms with van der Waals surface area (Å²) in [6.45, 7) is 0.616. The van der Waals surface area contributed by atoms with Crippen LogP contribution in [0, 0.1) is 5.92 Å². The summed E-state index contributed by atoms with van der Waals surface area (Å²) in [7, 11) is 0. The number of hydrogen-bond acceptors (Lipinski definition) is 5. The second-order valence-electron chi connectivity index (χ2n) is 4.55. The third kappa shape index (κ3) is 2.03. The monoisotopic (exact) mass is 209 g/mol. The molecule has 5 heteroatoms. The van der Waals surface area contributed by atoms with Crippen molar-refractivity contribution in [2.24, 2.45) is 5.92 Å². The summed E-state index contributed by atoms with van der Waals surface area (Å²) in [5, 5.41) is 16.5. The Labute approximate surface area is 87.9 Å². The first-order valence-corrected chi connectivity index (χ1v) is 5.55. The summed E-state index contributed by atoms with van der Waals surface area (Å²) in [6.07, 6.45) is 3.92. The maximum atomic E-state index is 9.37. The molecule has 0 radical (unpaired) electrons. The topological polar surface area (TPSA) is 71.2 Å². The van der Waals surface area contributed by atoms with Crippen molar-refractivity contribution in [3.05, 3.63) is 11.7 Å². The SMILES string of the molecule is O[C@H]1CN[C@H](c2nc(CC3CC3)no2)C1. The fraction of sp³-hybridized carbons (Fsp3) is 0.800. The van der Waals surface area contributed by atoms with Crippen LogP contribution >= 0.6 is 0 Å². The van der Waals surface area contributed by atoms with E-state index in [9.17, 15) is 5.11 Å². The second-order valence-corrected chi connectivity index (χ2v) is 4.55. The van der Waals surface area contributed by atoms with Crippen LogP contribution in [0.5, 0.6) is 0 Å². The molecular formula is C10H15N3O2. The fourth-order valence-electron chi connectivity index (χ4n) is 1.98. The van der Waals surface area contributed by atoms with Gasteiger partial charge in [0.05, 0.1) is 12.1 Å². The van der Waals surface area contributed by atoms with Crippen molar-refractivity contribution in [2.45, 2.75) is 37.8 Å². The van der Waals surface area contributed by atoms with Crippen molar-refractivity contribution in [1.82, 2.24) is 15.5 Å². The first kappa shape index (κ1) is 9.30. The van der Waals surface area contributed by atoms with Crippen LogP contribution in [-0.4, -0.2) is 27.9 Å². The van der Waals surface area contributed by atoms with Gasteiger partial charge in [-0.25, -0.2) is 0 Å². The van der Waals surface area contributed by atoms with E-state index in [1.54, 1.807) is 0 Å². The molecule has 0 bridgehead atoms. The lowest BCUT2D eigenvalue weighted by atomic mass is 10.2. The number of aliphatic hydroxyl groups excluding tert-OH is 1. The third-order valence-corrected chi connectivity index (χ3v) is 3.06. The Kier molecular flexibility index (Phi) is 2.21. The lowest BCUT2D eigenvalue weighted by molar-refractivity contribution is 0.191. The highest BCUT2D eigenvalue weighted by Gasteiger charge is 2.29. The van der Waals surface area contributed by atoms with Crippen LogP contribution in [-0.2, 0) is 6.42 Å². The van der Waals surface area contributed by atoms with Gasteiger partial charge in [0.1, 0.15) is 0 Å². The summed E-state index contributed by atoms with van der Waals surface area (Å²) in [6, 6.07) is 0.0421. The number of hydrogen-bond donors (Lipinski definition) is 2. The van der Waals surface area contributed by atoms with Crippen molar-refractivity contribution in [1.29, 1.82) is 0 Å². The van der Waals surface area contributed by atoms with Gasteiger partial charge >= 0.3 is 0 Å². The van der Waals surface area contributed by atoms with Crippen LogP contribution in [0.4, 0.5) is 0 Å². The molecule has 0 unspecified atom stereocenters. The van der Waals surface area contributed by atoms with E-state index in [1.165, 1.54) is 12.8 Å². The molecule has 2 aliphatic rings. The van der Waals surface area contributed by atoms with Crippen LogP contribution in [0.25, 0.3) is 0 Å². The minimum absolute atomic E-state index is 0.0421. The Morgan fingerprint density at radius 2 is 2.33 bits per heavy atom. The molecule has 1 aromatic heterocycles. The summed E-state index contributed by atoms with van der Waals surface area (Å²) >= 11 is 0. The van der Waals surface area contributed by atoms with Gasteiger partial charge in [0.25, 0.3) is 0 Å². The Bertz CT molecular complexity index is 348. The maximum absolute atomic E-state index is 9.37. The molecule has 1 aromatic rings. The molecule has 1 aliphatic heterocycles. The Morgan fingerprint density at radius 3 is 3.00 bits per heavy atom. The predicted octanol–water partition coefficient (Wildman–Crippen LogP) is 0.417. The minimum Gasteiger partial charge on any atom is -0.392 e. The number of aromatic nitrogens is 2. The molecule has 2 N–H and O–H groups in total. The quantitative estimate of drug-likeness (QED) is 0.754. The highest BCUT2D eigenvalue weighted by molar-refractivity contribution is 4.99. The zero-order chi connectivity index (χ0) is 10.3. The Balaban J connectivity index is 1.66. The minimum atomic E-state index is -0.284. The van der Waals surface area contributed by atoms with E-state index >= 15 is 0 Å². The Morgan fingerprint density at radius 1 is 1.47 bits per heavy atom. The molecule has 2 heterocycles. The van der Waals surface area contributed by atoms with Gasteiger partial charge in [0.2, 0.25) is 5.89 Å². The van der Waals surface area contributed by atoms with Gasteiger partial charge in [-0.1, -0.05) is 5.16 Å². The lowest BCUT2D eigenvalue weighted by Gasteiger charge is -2.01. The third-order valence-electron chi connectivity index (χ3n) is 3.06. The smallest absolute Gasteiger partial charge is 0.243 e. The van der Waals surface area contributed by atoms with Gasteiger partial charge in [0.15, 0.2) is 5.82 Å². The summed E-state index contributed by atoms with van der Waals surface area (Å²) in [4.78, 5) is 4.36. The molecular weight excluding hydrogens is 194 g/mol. The average Bonchev–Trinajstić information content (AvgIpc) is 2.74. The highest BCUT2D eigenvalue weighted by atomic mass is 16.5. The first-order chi connectivity index (χ1) is 7.31. The normalized spacial score (nSPS) is 31.0. The van der Waals surface area contributed by atoms with Gasteiger partial charge in [-0.3, -0.25) is 0 Å². The average molecular weight is 209 g/mol. The number of rotatable bonds is 3. The molecule has 1 aliphatic carbocycles. The molecule has 15 heavy (non-hydrogen) atoms. The number of nitrogens with one attached hydrogen (secondary N) is 1. The summed E-state index contributed by atoms with van der Waals surface area (Å²) in [5.74, 6) is 2.22.